The summed E-state index contributed by atoms with van der Waals surface area (Å²) in [6.45, 7) is 6.28. The molecule has 1 heteroatoms. The quantitative estimate of drug-likeness (QED) is 0.746. The van der Waals surface area contributed by atoms with Crippen LogP contribution < -0.4 is 0 Å². The summed E-state index contributed by atoms with van der Waals surface area (Å²) in [5.41, 5.74) is 1.48. The van der Waals surface area contributed by atoms with Crippen LogP contribution in [0.2, 0.25) is 0 Å². The smallest absolute Gasteiger partial charge is 0.000956 e. The largest absolute Gasteiger partial charge is 0.303 e. The summed E-state index contributed by atoms with van der Waals surface area (Å²) in [7, 11) is 0. The van der Waals surface area contributed by atoms with Crippen LogP contribution in [0.1, 0.15) is 38.2 Å². The predicted molar refractivity (Wildman–Crippen MR) is 74.2 cm³/mol. The molecule has 0 bridgehead atoms. The fourth-order valence-electron chi connectivity index (χ4n) is 2.84. The lowest BCUT2D eigenvalue weighted by atomic mass is 9.95. The highest BCUT2D eigenvalue weighted by molar-refractivity contribution is 5.14. The van der Waals surface area contributed by atoms with Crippen molar-refractivity contribution < 1.29 is 0 Å². The number of aryl methyl sites for hydroxylation is 1. The van der Waals surface area contributed by atoms with Crippen LogP contribution in [0.5, 0.6) is 0 Å². The van der Waals surface area contributed by atoms with Crippen LogP contribution in [0.25, 0.3) is 0 Å². The van der Waals surface area contributed by atoms with Gasteiger partial charge in [0.15, 0.2) is 0 Å². The first kappa shape index (κ1) is 12.6. The fourth-order valence-corrected chi connectivity index (χ4v) is 2.84. The summed E-state index contributed by atoms with van der Waals surface area (Å²) in [4.78, 5) is 2.67. The van der Waals surface area contributed by atoms with Gasteiger partial charge in [-0.2, -0.15) is 0 Å². The molecule has 0 radical (unpaired) electrons. The van der Waals surface area contributed by atoms with Crippen LogP contribution in [0.4, 0.5) is 0 Å². The minimum absolute atomic E-state index is 0.959. The maximum Gasteiger partial charge on any atom is 0.000956 e. The van der Waals surface area contributed by atoms with Crippen molar-refractivity contribution in [1.29, 1.82) is 0 Å². The van der Waals surface area contributed by atoms with Gasteiger partial charge in [0.25, 0.3) is 0 Å². The lowest BCUT2D eigenvalue weighted by molar-refractivity contribution is 0.170. The minimum atomic E-state index is 0.959. The van der Waals surface area contributed by atoms with Gasteiger partial charge in [-0.1, -0.05) is 43.7 Å². The first-order valence-electron chi connectivity index (χ1n) is 7.14. The highest BCUT2D eigenvalue weighted by atomic mass is 15.1. The van der Waals surface area contributed by atoms with Gasteiger partial charge in [-0.3, -0.25) is 0 Å². The van der Waals surface area contributed by atoms with Crippen molar-refractivity contribution in [3.8, 4) is 0 Å². The molecule has 0 saturated carbocycles. The Bertz CT molecular complexity index is 307. The van der Waals surface area contributed by atoms with E-state index in [9.17, 15) is 0 Å². The SMILES string of the molecule is CC[C@H]1CCCN(CCCc2ccccc2)C1. The number of benzene rings is 1. The Morgan fingerprint density at radius 3 is 2.82 bits per heavy atom. The molecule has 1 aliphatic heterocycles. The normalized spacial score (nSPS) is 21.6. The molecule has 1 aliphatic rings. The zero-order valence-corrected chi connectivity index (χ0v) is 11.1. The van der Waals surface area contributed by atoms with Crippen molar-refractivity contribution >= 4 is 0 Å². The first-order chi connectivity index (χ1) is 8.38. The van der Waals surface area contributed by atoms with Crippen molar-refractivity contribution in [1.82, 2.24) is 4.90 Å². The zero-order valence-electron chi connectivity index (χ0n) is 11.1. The molecule has 1 heterocycles. The van der Waals surface area contributed by atoms with Gasteiger partial charge in [0.2, 0.25) is 0 Å². The van der Waals surface area contributed by atoms with Crippen LogP contribution in [-0.4, -0.2) is 24.5 Å². The molecule has 0 N–H and O–H groups in total. The Morgan fingerprint density at radius 2 is 2.06 bits per heavy atom. The van der Waals surface area contributed by atoms with E-state index in [1.165, 1.54) is 57.3 Å². The van der Waals surface area contributed by atoms with Crippen LogP contribution in [0.15, 0.2) is 30.3 Å². The monoisotopic (exact) mass is 231 g/mol. The maximum atomic E-state index is 2.67. The number of nitrogens with zero attached hydrogens (tertiary/aromatic N) is 1. The maximum absolute atomic E-state index is 2.67. The van der Waals surface area contributed by atoms with Crippen LogP contribution in [0.3, 0.4) is 0 Å². The Labute approximate surface area is 106 Å². The average molecular weight is 231 g/mol. The van der Waals surface area contributed by atoms with Crippen molar-refractivity contribution in [2.24, 2.45) is 5.92 Å². The van der Waals surface area contributed by atoms with E-state index in [2.05, 4.69) is 42.2 Å². The second-order valence-corrected chi connectivity index (χ2v) is 5.31. The van der Waals surface area contributed by atoms with Crippen LogP contribution >= 0.6 is 0 Å². The van der Waals surface area contributed by atoms with E-state index in [1.807, 2.05) is 0 Å². The summed E-state index contributed by atoms with van der Waals surface area (Å²) in [5.74, 6) is 0.959. The van der Waals surface area contributed by atoms with Gasteiger partial charge < -0.3 is 4.90 Å². The molecule has 0 spiro atoms. The minimum Gasteiger partial charge on any atom is -0.303 e. The first-order valence-corrected chi connectivity index (χ1v) is 7.14. The molecular weight excluding hydrogens is 206 g/mol. The highest BCUT2D eigenvalue weighted by Gasteiger charge is 2.17. The Balaban J connectivity index is 1.68. The van der Waals surface area contributed by atoms with Gasteiger partial charge in [0.1, 0.15) is 0 Å². The zero-order chi connectivity index (χ0) is 11.9. The highest BCUT2D eigenvalue weighted by Crippen LogP contribution is 2.19. The lowest BCUT2D eigenvalue weighted by Crippen LogP contribution is -2.35. The molecule has 1 aromatic carbocycles. The topological polar surface area (TPSA) is 3.24 Å². The molecule has 94 valence electrons. The van der Waals surface area contributed by atoms with E-state index in [0.29, 0.717) is 0 Å². The average Bonchev–Trinajstić information content (AvgIpc) is 2.40. The molecule has 1 nitrogen and oxygen atoms in total. The third kappa shape index (κ3) is 4.16. The molecular formula is C16H25N. The predicted octanol–water partition coefficient (Wildman–Crippen LogP) is 3.74. The molecule has 0 amide bonds. The molecule has 17 heavy (non-hydrogen) atoms. The van der Waals surface area contributed by atoms with Crippen molar-refractivity contribution in [3.05, 3.63) is 35.9 Å². The molecule has 2 rings (SSSR count). The number of hydrogen-bond acceptors (Lipinski definition) is 1. The summed E-state index contributed by atoms with van der Waals surface area (Å²) >= 11 is 0. The van der Waals surface area contributed by atoms with E-state index in [-0.39, 0.29) is 0 Å². The number of piperidine rings is 1. The second kappa shape index (κ2) is 6.80. The summed E-state index contributed by atoms with van der Waals surface area (Å²) < 4.78 is 0. The van der Waals surface area contributed by atoms with Crippen LogP contribution in [-0.2, 0) is 6.42 Å². The molecule has 1 fully saturated rings. The number of likely N-dealkylation sites (tertiary alicyclic amines) is 1. The van der Waals surface area contributed by atoms with E-state index >= 15 is 0 Å². The second-order valence-electron chi connectivity index (χ2n) is 5.31. The standard InChI is InChI=1S/C16H25N/c1-2-15-10-6-12-17(14-15)13-7-11-16-8-4-3-5-9-16/h3-5,8-9,15H,2,6-7,10-14H2,1H3/t15-/m0/s1. The molecule has 0 aliphatic carbocycles. The van der Waals surface area contributed by atoms with E-state index in [4.69, 9.17) is 0 Å². The molecule has 1 saturated heterocycles. The Kier molecular flexibility index (Phi) is 5.06. The van der Waals surface area contributed by atoms with Gasteiger partial charge in [-0.15, -0.1) is 0 Å². The van der Waals surface area contributed by atoms with E-state index in [0.717, 1.165) is 5.92 Å². The molecule has 1 atom stereocenters. The lowest BCUT2D eigenvalue weighted by Gasteiger charge is -2.32. The number of rotatable bonds is 5. The van der Waals surface area contributed by atoms with Crippen molar-refractivity contribution in [2.75, 3.05) is 19.6 Å². The van der Waals surface area contributed by atoms with Gasteiger partial charge in [-0.25, -0.2) is 0 Å². The fraction of sp³-hybridized carbons (Fsp3) is 0.625. The molecule has 1 aromatic rings. The summed E-state index contributed by atoms with van der Waals surface area (Å²) in [5, 5.41) is 0. The van der Waals surface area contributed by atoms with Crippen molar-refractivity contribution in [2.45, 2.75) is 39.0 Å². The van der Waals surface area contributed by atoms with Gasteiger partial charge in [-0.05, 0) is 50.3 Å². The van der Waals surface area contributed by atoms with Crippen molar-refractivity contribution in [3.63, 3.8) is 0 Å². The molecule has 0 aromatic heterocycles. The van der Waals surface area contributed by atoms with Gasteiger partial charge >= 0.3 is 0 Å². The summed E-state index contributed by atoms with van der Waals surface area (Å²) in [6.07, 6.45) is 6.75. The van der Waals surface area contributed by atoms with Gasteiger partial charge in [0.05, 0.1) is 0 Å². The van der Waals surface area contributed by atoms with E-state index in [1.54, 1.807) is 0 Å². The third-order valence-corrected chi connectivity index (χ3v) is 3.96. The Morgan fingerprint density at radius 1 is 1.24 bits per heavy atom. The number of hydrogen-bond donors (Lipinski definition) is 0. The van der Waals surface area contributed by atoms with Gasteiger partial charge in [0, 0.05) is 6.54 Å². The third-order valence-electron chi connectivity index (χ3n) is 3.96. The summed E-state index contributed by atoms with van der Waals surface area (Å²) in [6, 6.07) is 10.9. The van der Waals surface area contributed by atoms with Crippen LogP contribution in [0, 0.1) is 5.92 Å². The molecule has 0 unspecified atom stereocenters. The Hall–Kier alpha value is -0.820. The van der Waals surface area contributed by atoms with E-state index < -0.39 is 0 Å².